The molecule has 0 saturated carbocycles. The summed E-state index contributed by atoms with van der Waals surface area (Å²) in [6.45, 7) is 8.87. The van der Waals surface area contributed by atoms with E-state index in [1.54, 1.807) is 16.2 Å². The van der Waals surface area contributed by atoms with E-state index < -0.39 is 5.60 Å². The van der Waals surface area contributed by atoms with E-state index in [4.69, 9.17) is 4.74 Å². The molecule has 2 heterocycles. The van der Waals surface area contributed by atoms with E-state index in [1.165, 1.54) is 0 Å². The summed E-state index contributed by atoms with van der Waals surface area (Å²) in [6, 6.07) is 0. The number of thiazole rings is 1. The number of ether oxygens (including phenoxy) is 1. The van der Waals surface area contributed by atoms with Crippen molar-refractivity contribution >= 4 is 22.6 Å². The van der Waals surface area contributed by atoms with Gasteiger partial charge >= 0.3 is 6.09 Å². The zero-order chi connectivity index (χ0) is 13.9. The zero-order valence-electron chi connectivity index (χ0n) is 11.8. The Bertz CT molecular complexity index is 414. The van der Waals surface area contributed by atoms with Gasteiger partial charge in [0.05, 0.1) is 0 Å². The Hall–Kier alpha value is -1.30. The molecule has 106 valence electrons. The summed E-state index contributed by atoms with van der Waals surface area (Å²) < 4.78 is 5.41. The minimum Gasteiger partial charge on any atom is -0.444 e. The van der Waals surface area contributed by atoms with Crippen LogP contribution in [0.4, 0.5) is 9.93 Å². The number of carbonyl (C=O) groups is 1. The lowest BCUT2D eigenvalue weighted by atomic mass is 10.2. The summed E-state index contributed by atoms with van der Waals surface area (Å²) in [5.74, 6) is 0. The van der Waals surface area contributed by atoms with Crippen LogP contribution < -0.4 is 4.90 Å². The Morgan fingerprint density at radius 2 is 2.11 bits per heavy atom. The molecule has 6 heteroatoms. The van der Waals surface area contributed by atoms with Crippen molar-refractivity contribution < 1.29 is 9.53 Å². The van der Waals surface area contributed by atoms with E-state index in [0.717, 1.165) is 31.2 Å². The molecule has 5 nitrogen and oxygen atoms in total. The van der Waals surface area contributed by atoms with Crippen molar-refractivity contribution in [3.8, 4) is 0 Å². The largest absolute Gasteiger partial charge is 0.444 e. The lowest BCUT2D eigenvalue weighted by Gasteiger charge is -2.26. The monoisotopic (exact) mass is 283 g/mol. The van der Waals surface area contributed by atoms with Crippen LogP contribution in [0.3, 0.4) is 0 Å². The van der Waals surface area contributed by atoms with Crippen LogP contribution in [0.15, 0.2) is 11.6 Å². The van der Waals surface area contributed by atoms with Crippen molar-refractivity contribution in [3.63, 3.8) is 0 Å². The fourth-order valence-corrected chi connectivity index (χ4v) is 2.69. The maximum absolute atomic E-state index is 12.0. The van der Waals surface area contributed by atoms with Gasteiger partial charge in [0, 0.05) is 37.8 Å². The molecule has 1 aromatic rings. The van der Waals surface area contributed by atoms with Crippen LogP contribution in [0.25, 0.3) is 0 Å². The third-order valence-corrected chi connectivity index (χ3v) is 3.67. The quantitative estimate of drug-likeness (QED) is 0.794. The molecule has 0 unspecified atom stereocenters. The van der Waals surface area contributed by atoms with E-state index >= 15 is 0 Å². The highest BCUT2D eigenvalue weighted by Gasteiger charge is 2.24. The molecule has 0 atom stereocenters. The predicted octanol–water partition coefficient (Wildman–Crippen LogP) is 2.59. The maximum Gasteiger partial charge on any atom is 0.410 e. The van der Waals surface area contributed by atoms with Gasteiger partial charge in [-0.05, 0) is 27.2 Å². The molecule has 2 rings (SSSR count). The van der Waals surface area contributed by atoms with Crippen molar-refractivity contribution in [3.05, 3.63) is 11.6 Å². The van der Waals surface area contributed by atoms with Gasteiger partial charge in [-0.15, -0.1) is 11.3 Å². The molecule has 0 radical (unpaired) electrons. The molecule has 19 heavy (non-hydrogen) atoms. The van der Waals surface area contributed by atoms with Crippen LogP contribution in [0.5, 0.6) is 0 Å². The summed E-state index contributed by atoms with van der Waals surface area (Å²) in [5, 5.41) is 3.01. The van der Waals surface area contributed by atoms with Crippen molar-refractivity contribution in [2.24, 2.45) is 0 Å². The molecule has 1 aliphatic rings. The molecular formula is C13H21N3O2S. The number of hydrogen-bond acceptors (Lipinski definition) is 5. The first-order valence-electron chi connectivity index (χ1n) is 6.58. The summed E-state index contributed by atoms with van der Waals surface area (Å²) >= 11 is 1.64. The normalized spacial score (nSPS) is 17.2. The molecule has 0 aromatic carbocycles. The fourth-order valence-electron chi connectivity index (χ4n) is 1.99. The highest BCUT2D eigenvalue weighted by Crippen LogP contribution is 2.19. The second-order valence-electron chi connectivity index (χ2n) is 5.62. The topological polar surface area (TPSA) is 45.7 Å². The third-order valence-electron chi connectivity index (χ3n) is 2.84. The Balaban J connectivity index is 1.91. The highest BCUT2D eigenvalue weighted by atomic mass is 32.1. The Morgan fingerprint density at radius 3 is 2.74 bits per heavy atom. The minimum absolute atomic E-state index is 0.214. The highest BCUT2D eigenvalue weighted by molar-refractivity contribution is 7.13. The Kier molecular flexibility index (Phi) is 4.29. The first-order valence-corrected chi connectivity index (χ1v) is 7.46. The third kappa shape index (κ3) is 4.09. The van der Waals surface area contributed by atoms with Crippen molar-refractivity contribution in [2.45, 2.75) is 32.8 Å². The molecule has 0 N–H and O–H groups in total. The van der Waals surface area contributed by atoms with Gasteiger partial charge in [-0.1, -0.05) is 0 Å². The zero-order valence-corrected chi connectivity index (χ0v) is 12.6. The van der Waals surface area contributed by atoms with Crippen molar-refractivity contribution in [1.29, 1.82) is 0 Å². The molecule has 0 aliphatic carbocycles. The molecule has 1 fully saturated rings. The van der Waals surface area contributed by atoms with Gasteiger partial charge in [0.1, 0.15) is 5.60 Å². The molecule has 0 bridgehead atoms. The van der Waals surface area contributed by atoms with E-state index in [-0.39, 0.29) is 6.09 Å². The van der Waals surface area contributed by atoms with Crippen LogP contribution in [-0.4, -0.2) is 47.8 Å². The second-order valence-corrected chi connectivity index (χ2v) is 6.50. The standard InChI is InChI=1S/C13H21N3O2S/c1-13(2,3)18-12(17)16-7-4-6-15(8-9-16)11-14-5-10-19-11/h5,10H,4,6-9H2,1-3H3. The van der Waals surface area contributed by atoms with Gasteiger partial charge in [-0.25, -0.2) is 9.78 Å². The van der Waals surface area contributed by atoms with Crippen LogP contribution in [0.2, 0.25) is 0 Å². The molecule has 1 saturated heterocycles. The minimum atomic E-state index is -0.432. The van der Waals surface area contributed by atoms with Crippen LogP contribution in [0, 0.1) is 0 Å². The Labute approximate surface area is 118 Å². The average molecular weight is 283 g/mol. The van der Waals surface area contributed by atoms with E-state index in [0.29, 0.717) is 6.54 Å². The predicted molar refractivity (Wildman–Crippen MR) is 76.8 cm³/mol. The van der Waals surface area contributed by atoms with E-state index in [9.17, 15) is 4.79 Å². The summed E-state index contributed by atoms with van der Waals surface area (Å²) in [7, 11) is 0. The van der Waals surface area contributed by atoms with Gasteiger partial charge in [-0.3, -0.25) is 0 Å². The van der Waals surface area contributed by atoms with Crippen LogP contribution in [-0.2, 0) is 4.74 Å². The number of hydrogen-bond donors (Lipinski definition) is 0. The SMILES string of the molecule is CC(C)(C)OC(=O)N1CCCN(c2nccs2)CC1. The number of carbonyl (C=O) groups excluding carboxylic acids is 1. The first kappa shape index (κ1) is 14.1. The second kappa shape index (κ2) is 5.77. The summed E-state index contributed by atoms with van der Waals surface area (Å²) in [4.78, 5) is 20.4. The number of amides is 1. The van der Waals surface area contributed by atoms with Crippen LogP contribution in [0.1, 0.15) is 27.2 Å². The van der Waals surface area contributed by atoms with E-state index in [1.807, 2.05) is 32.3 Å². The smallest absolute Gasteiger partial charge is 0.410 e. The number of rotatable bonds is 1. The van der Waals surface area contributed by atoms with Gasteiger partial charge in [0.15, 0.2) is 5.13 Å². The molecule has 1 aromatic heterocycles. The van der Waals surface area contributed by atoms with E-state index in [2.05, 4.69) is 9.88 Å². The number of anilines is 1. The average Bonchev–Trinajstić information content (AvgIpc) is 2.71. The fraction of sp³-hybridized carbons (Fsp3) is 0.692. The number of aromatic nitrogens is 1. The Morgan fingerprint density at radius 1 is 1.32 bits per heavy atom. The number of nitrogens with zero attached hydrogens (tertiary/aromatic N) is 3. The van der Waals surface area contributed by atoms with Gasteiger partial charge in [-0.2, -0.15) is 0 Å². The van der Waals surface area contributed by atoms with Gasteiger partial charge < -0.3 is 14.5 Å². The molecule has 1 amide bonds. The summed E-state index contributed by atoms with van der Waals surface area (Å²) in [6.07, 6.45) is 2.54. The molecule has 0 spiro atoms. The van der Waals surface area contributed by atoms with Gasteiger partial charge in [0.2, 0.25) is 0 Å². The first-order chi connectivity index (χ1) is 8.96. The molecule has 1 aliphatic heterocycles. The van der Waals surface area contributed by atoms with Crippen molar-refractivity contribution in [1.82, 2.24) is 9.88 Å². The van der Waals surface area contributed by atoms with Crippen molar-refractivity contribution in [2.75, 3.05) is 31.1 Å². The lowest BCUT2D eigenvalue weighted by Crippen LogP contribution is -2.39. The maximum atomic E-state index is 12.0. The summed E-state index contributed by atoms with van der Waals surface area (Å²) in [5.41, 5.74) is -0.432. The van der Waals surface area contributed by atoms with Crippen LogP contribution >= 0.6 is 11.3 Å². The van der Waals surface area contributed by atoms with Gasteiger partial charge in [0.25, 0.3) is 0 Å². The molecular weight excluding hydrogens is 262 g/mol. The lowest BCUT2D eigenvalue weighted by molar-refractivity contribution is 0.0263.